The van der Waals surface area contributed by atoms with E-state index in [9.17, 15) is 0 Å². The maximum absolute atomic E-state index is 6.08. The second kappa shape index (κ2) is 10.3. The van der Waals surface area contributed by atoms with Gasteiger partial charge in [-0.15, -0.1) is 24.0 Å². The fraction of sp³-hybridized carbons (Fsp3) is 0.650. The van der Waals surface area contributed by atoms with Crippen LogP contribution in [0.3, 0.4) is 0 Å². The molecule has 0 amide bonds. The first kappa shape index (κ1) is 23.0. The van der Waals surface area contributed by atoms with E-state index < -0.39 is 0 Å². The van der Waals surface area contributed by atoms with Crippen molar-refractivity contribution in [3.63, 3.8) is 0 Å². The maximum Gasteiger partial charge on any atom is 0.188 e. The number of nitrogens with one attached hydrogen (secondary N) is 1. The summed E-state index contributed by atoms with van der Waals surface area (Å²) in [6, 6.07) is 6.79. The van der Waals surface area contributed by atoms with Crippen molar-refractivity contribution < 1.29 is 4.74 Å². The number of ether oxygens (including phenoxy) is 1. The van der Waals surface area contributed by atoms with Crippen molar-refractivity contribution in [2.24, 2.45) is 10.7 Å². The number of benzene rings is 1. The molecule has 1 fully saturated rings. The van der Waals surface area contributed by atoms with Gasteiger partial charge in [-0.05, 0) is 65.3 Å². The topological polar surface area (TPSA) is 62.9 Å². The van der Waals surface area contributed by atoms with Crippen LogP contribution in [0.25, 0.3) is 0 Å². The summed E-state index contributed by atoms with van der Waals surface area (Å²) < 4.78 is 6.08. The molecule has 1 aromatic carbocycles. The predicted molar refractivity (Wildman–Crippen MR) is 121 cm³/mol. The van der Waals surface area contributed by atoms with Gasteiger partial charge in [-0.3, -0.25) is 4.90 Å². The first-order valence-corrected chi connectivity index (χ1v) is 9.35. The lowest BCUT2D eigenvalue weighted by Gasteiger charge is -2.24. The van der Waals surface area contributed by atoms with Crippen LogP contribution in [0.2, 0.25) is 0 Å². The molecule has 5 nitrogen and oxygen atoms in total. The lowest BCUT2D eigenvalue weighted by atomic mass is 10.1. The number of nitrogens with zero attached hydrogens (tertiary/aromatic N) is 2. The van der Waals surface area contributed by atoms with Crippen molar-refractivity contribution in [1.82, 2.24) is 10.2 Å². The van der Waals surface area contributed by atoms with Crippen LogP contribution in [-0.4, -0.2) is 42.1 Å². The average Bonchev–Trinajstić information content (AvgIpc) is 2.98. The van der Waals surface area contributed by atoms with E-state index in [1.54, 1.807) is 0 Å². The second-order valence-corrected chi connectivity index (χ2v) is 7.83. The van der Waals surface area contributed by atoms with Gasteiger partial charge in [0.2, 0.25) is 0 Å². The van der Waals surface area contributed by atoms with Crippen molar-refractivity contribution in [3.05, 3.63) is 29.3 Å². The number of likely N-dealkylation sites (N-methyl/N-ethyl adjacent to an activating group) is 1. The third-order valence-corrected chi connectivity index (χ3v) is 4.48. The van der Waals surface area contributed by atoms with E-state index in [0.717, 1.165) is 24.4 Å². The van der Waals surface area contributed by atoms with Crippen molar-refractivity contribution >= 4 is 29.9 Å². The number of aryl methyl sites for hydroxylation is 1. The quantitative estimate of drug-likeness (QED) is 0.375. The smallest absolute Gasteiger partial charge is 0.188 e. The van der Waals surface area contributed by atoms with Crippen LogP contribution in [0.1, 0.15) is 51.7 Å². The van der Waals surface area contributed by atoms with Crippen molar-refractivity contribution in [2.45, 2.75) is 65.6 Å². The van der Waals surface area contributed by atoms with Crippen LogP contribution < -0.4 is 15.8 Å². The number of rotatable bonds is 6. The summed E-state index contributed by atoms with van der Waals surface area (Å²) in [5, 5.41) is 3.28. The number of guanidine groups is 1. The minimum absolute atomic E-state index is 0. The number of aliphatic imine (C=N–C) groups is 1. The Hall–Kier alpha value is -1.02. The molecule has 2 rings (SSSR count). The van der Waals surface area contributed by atoms with Gasteiger partial charge in [0.1, 0.15) is 11.4 Å². The molecule has 26 heavy (non-hydrogen) atoms. The van der Waals surface area contributed by atoms with E-state index in [4.69, 9.17) is 10.5 Å². The second-order valence-electron chi connectivity index (χ2n) is 7.83. The number of hydrogen-bond donors (Lipinski definition) is 2. The molecule has 0 aromatic heterocycles. The molecule has 1 aliphatic rings. The SMILES string of the molecule is CCN1CCCC1CNC(N)=NCc1ccc(C)cc1OC(C)(C)C.I. The minimum Gasteiger partial charge on any atom is -0.488 e. The summed E-state index contributed by atoms with van der Waals surface area (Å²) in [4.78, 5) is 7.01. The molecule has 1 saturated heterocycles. The molecule has 0 spiro atoms. The van der Waals surface area contributed by atoms with Gasteiger partial charge in [0.15, 0.2) is 5.96 Å². The Kier molecular flexibility index (Phi) is 9.16. The lowest BCUT2D eigenvalue weighted by molar-refractivity contribution is 0.129. The van der Waals surface area contributed by atoms with Crippen LogP contribution in [0.5, 0.6) is 5.75 Å². The van der Waals surface area contributed by atoms with Crippen LogP contribution in [0.4, 0.5) is 0 Å². The van der Waals surface area contributed by atoms with E-state index in [-0.39, 0.29) is 29.6 Å². The molecule has 148 valence electrons. The Morgan fingerprint density at radius 1 is 1.38 bits per heavy atom. The number of nitrogens with two attached hydrogens (primary N) is 1. The standard InChI is InChI=1S/C20H34N4O.HI/c1-6-24-11-7-8-17(24)14-23-19(21)22-13-16-10-9-15(2)12-18(16)25-20(3,4)5;/h9-10,12,17H,6-8,11,13-14H2,1-5H3,(H3,21,22,23);1H. The fourth-order valence-corrected chi connectivity index (χ4v) is 3.21. The zero-order chi connectivity index (χ0) is 18.4. The molecular weight excluding hydrogens is 439 g/mol. The van der Waals surface area contributed by atoms with E-state index in [0.29, 0.717) is 18.5 Å². The van der Waals surface area contributed by atoms with Gasteiger partial charge in [0.25, 0.3) is 0 Å². The van der Waals surface area contributed by atoms with E-state index in [1.807, 2.05) is 0 Å². The van der Waals surface area contributed by atoms with E-state index in [1.165, 1.54) is 24.9 Å². The number of hydrogen-bond acceptors (Lipinski definition) is 3. The monoisotopic (exact) mass is 474 g/mol. The first-order chi connectivity index (χ1) is 11.8. The Morgan fingerprint density at radius 2 is 2.12 bits per heavy atom. The summed E-state index contributed by atoms with van der Waals surface area (Å²) in [5.41, 5.74) is 8.08. The highest BCUT2D eigenvalue weighted by molar-refractivity contribution is 14.0. The zero-order valence-corrected chi connectivity index (χ0v) is 19.2. The lowest BCUT2D eigenvalue weighted by Crippen LogP contribution is -2.42. The van der Waals surface area contributed by atoms with Crippen LogP contribution >= 0.6 is 24.0 Å². The van der Waals surface area contributed by atoms with E-state index >= 15 is 0 Å². The summed E-state index contributed by atoms with van der Waals surface area (Å²) in [5.74, 6) is 1.39. The van der Waals surface area contributed by atoms with Gasteiger partial charge in [0, 0.05) is 18.2 Å². The Bertz CT molecular complexity index is 598. The highest BCUT2D eigenvalue weighted by atomic mass is 127. The summed E-state index contributed by atoms with van der Waals surface area (Å²) >= 11 is 0. The summed E-state index contributed by atoms with van der Waals surface area (Å²) in [6.07, 6.45) is 2.50. The third kappa shape index (κ3) is 7.31. The molecule has 1 aromatic rings. The molecule has 1 heterocycles. The summed E-state index contributed by atoms with van der Waals surface area (Å²) in [7, 11) is 0. The molecule has 0 aliphatic carbocycles. The fourth-order valence-electron chi connectivity index (χ4n) is 3.21. The minimum atomic E-state index is -0.234. The zero-order valence-electron chi connectivity index (χ0n) is 16.8. The molecule has 6 heteroatoms. The molecule has 1 unspecified atom stereocenters. The van der Waals surface area contributed by atoms with Gasteiger partial charge in [-0.2, -0.15) is 0 Å². The number of halogens is 1. The molecule has 0 radical (unpaired) electrons. The van der Waals surface area contributed by atoms with Crippen LogP contribution in [0, 0.1) is 6.92 Å². The highest BCUT2D eigenvalue weighted by Crippen LogP contribution is 2.25. The van der Waals surface area contributed by atoms with Crippen LogP contribution in [-0.2, 0) is 6.54 Å². The Balaban J connectivity index is 0.00000338. The molecule has 0 saturated carbocycles. The van der Waals surface area contributed by atoms with Gasteiger partial charge >= 0.3 is 0 Å². The van der Waals surface area contributed by atoms with E-state index in [2.05, 4.69) is 68.0 Å². The first-order valence-electron chi connectivity index (χ1n) is 9.35. The average molecular weight is 474 g/mol. The third-order valence-electron chi connectivity index (χ3n) is 4.48. The van der Waals surface area contributed by atoms with Crippen molar-refractivity contribution in [3.8, 4) is 5.75 Å². The van der Waals surface area contributed by atoms with Crippen LogP contribution in [0.15, 0.2) is 23.2 Å². The Morgan fingerprint density at radius 3 is 2.77 bits per heavy atom. The summed E-state index contributed by atoms with van der Waals surface area (Å²) in [6.45, 7) is 14.1. The molecule has 3 N–H and O–H groups in total. The van der Waals surface area contributed by atoms with Gasteiger partial charge < -0.3 is 15.8 Å². The van der Waals surface area contributed by atoms with Crippen molar-refractivity contribution in [1.29, 1.82) is 0 Å². The molecule has 1 aliphatic heterocycles. The normalized spacial score (nSPS) is 18.5. The van der Waals surface area contributed by atoms with Crippen molar-refractivity contribution in [2.75, 3.05) is 19.6 Å². The van der Waals surface area contributed by atoms with Gasteiger partial charge in [-0.1, -0.05) is 19.1 Å². The molecule has 1 atom stereocenters. The Labute approximate surface area is 175 Å². The van der Waals surface area contributed by atoms with Gasteiger partial charge in [0.05, 0.1) is 6.54 Å². The predicted octanol–water partition coefficient (Wildman–Crippen LogP) is 3.68. The number of likely N-dealkylation sites (tertiary alicyclic amines) is 1. The largest absolute Gasteiger partial charge is 0.488 e. The molecular formula is C20H35IN4O. The van der Waals surface area contributed by atoms with Gasteiger partial charge in [-0.25, -0.2) is 4.99 Å². The highest BCUT2D eigenvalue weighted by Gasteiger charge is 2.22. The molecule has 0 bridgehead atoms. The maximum atomic E-state index is 6.08.